The van der Waals surface area contributed by atoms with Crippen LogP contribution in [0.1, 0.15) is 36.5 Å². The first-order valence-corrected chi connectivity index (χ1v) is 12.0. The number of aromatic nitrogens is 2. The van der Waals surface area contributed by atoms with Gasteiger partial charge in [-0.25, -0.2) is 23.2 Å². The van der Waals surface area contributed by atoms with Crippen LogP contribution in [-0.2, 0) is 21.4 Å². The number of nitrogen functional groups attached to an aromatic ring is 1. The van der Waals surface area contributed by atoms with Gasteiger partial charge in [0.25, 0.3) is 0 Å². The Morgan fingerprint density at radius 3 is 2.41 bits per heavy atom. The Bertz CT molecular complexity index is 1230. The minimum atomic E-state index is -3.60. The number of carbonyl (C=O) groups is 1. The van der Waals surface area contributed by atoms with Gasteiger partial charge in [0.05, 0.1) is 16.0 Å². The molecule has 1 fully saturated rings. The smallest absolute Gasteiger partial charge is 0.338 e. The standard InChI is InChI=1S/C23H26N4O4S/c1-15-11-16(2)13-27(12-15)32(29,30)18-9-7-17(8-10-18)23(28)31-14-21-25-20-6-4-3-5-19(20)22(24)26-21/h3-10,15-16H,11-14H2,1-2H3,(H2,24,25,26). The number of nitrogens with zero attached hydrogens (tertiary/aromatic N) is 3. The molecule has 0 radical (unpaired) electrons. The molecule has 0 bridgehead atoms. The molecule has 2 atom stereocenters. The fraction of sp³-hybridized carbons (Fsp3) is 0.348. The molecule has 4 rings (SSSR count). The van der Waals surface area contributed by atoms with Crippen molar-refractivity contribution in [3.05, 3.63) is 59.9 Å². The maximum absolute atomic E-state index is 13.0. The lowest BCUT2D eigenvalue weighted by Gasteiger charge is -2.34. The van der Waals surface area contributed by atoms with E-state index in [0.717, 1.165) is 11.8 Å². The molecule has 0 saturated carbocycles. The van der Waals surface area contributed by atoms with E-state index in [2.05, 4.69) is 23.8 Å². The highest BCUT2D eigenvalue weighted by Gasteiger charge is 2.31. The molecule has 1 aromatic heterocycles. The summed E-state index contributed by atoms with van der Waals surface area (Å²) in [4.78, 5) is 21.2. The zero-order valence-electron chi connectivity index (χ0n) is 18.1. The van der Waals surface area contributed by atoms with E-state index in [9.17, 15) is 13.2 Å². The molecule has 0 spiro atoms. The molecule has 9 heteroatoms. The van der Waals surface area contributed by atoms with Crippen LogP contribution in [0.3, 0.4) is 0 Å². The zero-order chi connectivity index (χ0) is 22.9. The average Bonchev–Trinajstić information content (AvgIpc) is 2.77. The summed E-state index contributed by atoms with van der Waals surface area (Å²) in [6, 6.07) is 13.1. The molecule has 1 aliphatic rings. The monoisotopic (exact) mass is 454 g/mol. The Morgan fingerprint density at radius 2 is 1.72 bits per heavy atom. The third-order valence-electron chi connectivity index (χ3n) is 5.57. The van der Waals surface area contributed by atoms with Crippen LogP contribution in [-0.4, -0.2) is 41.7 Å². The van der Waals surface area contributed by atoms with Crippen molar-refractivity contribution in [3.8, 4) is 0 Å². The van der Waals surface area contributed by atoms with E-state index in [4.69, 9.17) is 10.5 Å². The minimum Gasteiger partial charge on any atom is -0.454 e. The van der Waals surface area contributed by atoms with Crippen LogP contribution < -0.4 is 5.73 Å². The van der Waals surface area contributed by atoms with Crippen molar-refractivity contribution in [1.29, 1.82) is 0 Å². The van der Waals surface area contributed by atoms with Gasteiger partial charge in [-0.3, -0.25) is 0 Å². The highest BCUT2D eigenvalue weighted by atomic mass is 32.2. The molecule has 0 amide bonds. The van der Waals surface area contributed by atoms with E-state index < -0.39 is 16.0 Å². The van der Waals surface area contributed by atoms with Crippen molar-refractivity contribution < 1.29 is 17.9 Å². The summed E-state index contributed by atoms with van der Waals surface area (Å²) in [5.74, 6) is 0.646. The van der Waals surface area contributed by atoms with Crippen LogP contribution >= 0.6 is 0 Å². The topological polar surface area (TPSA) is 115 Å². The largest absolute Gasteiger partial charge is 0.454 e. The molecule has 0 aliphatic carbocycles. The number of benzene rings is 2. The molecular formula is C23H26N4O4S. The second-order valence-electron chi connectivity index (χ2n) is 8.41. The van der Waals surface area contributed by atoms with Gasteiger partial charge < -0.3 is 10.5 Å². The molecule has 32 heavy (non-hydrogen) atoms. The maximum Gasteiger partial charge on any atom is 0.338 e. The number of sulfonamides is 1. The highest BCUT2D eigenvalue weighted by Crippen LogP contribution is 2.27. The molecule has 168 valence electrons. The molecule has 8 nitrogen and oxygen atoms in total. The van der Waals surface area contributed by atoms with Crippen LogP contribution in [0.15, 0.2) is 53.4 Å². The second-order valence-corrected chi connectivity index (χ2v) is 10.3. The Morgan fingerprint density at radius 1 is 1.06 bits per heavy atom. The van der Waals surface area contributed by atoms with E-state index in [0.29, 0.717) is 42.1 Å². The van der Waals surface area contributed by atoms with Crippen LogP contribution in [0.4, 0.5) is 5.82 Å². The Labute approximate surface area is 187 Å². The van der Waals surface area contributed by atoms with Crippen LogP contribution in [0.5, 0.6) is 0 Å². The molecule has 2 heterocycles. The molecule has 2 N–H and O–H groups in total. The Hall–Kier alpha value is -3.04. The van der Waals surface area contributed by atoms with Gasteiger partial charge in [0.1, 0.15) is 5.82 Å². The number of para-hydroxylation sites is 1. The third-order valence-corrected chi connectivity index (χ3v) is 7.42. The number of hydrogen-bond acceptors (Lipinski definition) is 7. The number of fused-ring (bicyclic) bond motifs is 1. The van der Waals surface area contributed by atoms with E-state index in [1.54, 1.807) is 0 Å². The van der Waals surface area contributed by atoms with Gasteiger partial charge >= 0.3 is 5.97 Å². The first-order valence-electron chi connectivity index (χ1n) is 10.5. The first-order chi connectivity index (χ1) is 15.2. The number of anilines is 1. The Balaban J connectivity index is 1.44. The second kappa shape index (κ2) is 8.84. The quantitative estimate of drug-likeness (QED) is 0.588. The summed E-state index contributed by atoms with van der Waals surface area (Å²) in [5, 5.41) is 0.733. The summed E-state index contributed by atoms with van der Waals surface area (Å²) in [6.07, 6.45) is 1.02. The SMILES string of the molecule is CC1CC(C)CN(S(=O)(=O)c2ccc(C(=O)OCc3nc(N)c4ccccc4n3)cc2)C1. The molecular weight excluding hydrogens is 428 g/mol. The van der Waals surface area contributed by atoms with E-state index in [-0.39, 0.29) is 17.1 Å². The fourth-order valence-corrected chi connectivity index (χ4v) is 5.82. The summed E-state index contributed by atoms with van der Waals surface area (Å²) in [6.45, 7) is 4.99. The molecule has 2 unspecified atom stereocenters. The number of esters is 1. The molecule has 3 aromatic rings. The highest BCUT2D eigenvalue weighted by molar-refractivity contribution is 7.89. The summed E-state index contributed by atoms with van der Waals surface area (Å²) < 4.78 is 32.8. The van der Waals surface area contributed by atoms with Gasteiger partial charge in [-0.1, -0.05) is 26.0 Å². The lowest BCUT2D eigenvalue weighted by Crippen LogP contribution is -2.42. The zero-order valence-corrected chi connectivity index (χ0v) is 18.9. The predicted molar refractivity (Wildman–Crippen MR) is 121 cm³/mol. The molecule has 2 aromatic carbocycles. The average molecular weight is 455 g/mol. The van der Waals surface area contributed by atoms with Gasteiger partial charge in [0.15, 0.2) is 12.4 Å². The van der Waals surface area contributed by atoms with Crippen LogP contribution in [0.25, 0.3) is 10.9 Å². The van der Waals surface area contributed by atoms with Crippen molar-refractivity contribution in [3.63, 3.8) is 0 Å². The van der Waals surface area contributed by atoms with Crippen molar-refractivity contribution in [2.24, 2.45) is 11.8 Å². The number of rotatable bonds is 5. The van der Waals surface area contributed by atoms with Gasteiger partial charge in [-0.05, 0) is 54.7 Å². The number of piperidine rings is 1. The fourth-order valence-electron chi connectivity index (χ4n) is 4.14. The normalized spacial score (nSPS) is 19.7. The lowest BCUT2D eigenvalue weighted by molar-refractivity contribution is 0.0462. The Kier molecular flexibility index (Phi) is 6.12. The summed E-state index contributed by atoms with van der Waals surface area (Å²) >= 11 is 0. The number of nitrogens with two attached hydrogens (primary N) is 1. The lowest BCUT2D eigenvalue weighted by atomic mass is 9.94. The predicted octanol–water partition coefficient (Wildman–Crippen LogP) is 3.24. The number of hydrogen-bond donors (Lipinski definition) is 1. The van der Waals surface area contributed by atoms with Crippen LogP contribution in [0.2, 0.25) is 0 Å². The maximum atomic E-state index is 13.0. The van der Waals surface area contributed by atoms with Crippen molar-refractivity contribution in [1.82, 2.24) is 14.3 Å². The van der Waals surface area contributed by atoms with Crippen molar-refractivity contribution in [2.75, 3.05) is 18.8 Å². The van der Waals surface area contributed by atoms with Crippen LogP contribution in [0, 0.1) is 11.8 Å². The first kappa shape index (κ1) is 22.2. The molecule has 1 aliphatic heterocycles. The summed E-state index contributed by atoms with van der Waals surface area (Å²) in [7, 11) is -3.60. The number of ether oxygens (including phenoxy) is 1. The van der Waals surface area contributed by atoms with E-state index in [1.807, 2.05) is 24.3 Å². The van der Waals surface area contributed by atoms with Gasteiger partial charge in [-0.2, -0.15) is 4.31 Å². The summed E-state index contributed by atoms with van der Waals surface area (Å²) in [5.41, 5.74) is 6.87. The van der Waals surface area contributed by atoms with Gasteiger partial charge in [0, 0.05) is 18.5 Å². The minimum absolute atomic E-state index is 0.141. The van der Waals surface area contributed by atoms with Crippen molar-refractivity contribution >= 4 is 32.7 Å². The van der Waals surface area contributed by atoms with Gasteiger partial charge in [-0.15, -0.1) is 0 Å². The van der Waals surface area contributed by atoms with Crippen molar-refractivity contribution in [2.45, 2.75) is 31.8 Å². The molecule has 1 saturated heterocycles. The van der Waals surface area contributed by atoms with E-state index >= 15 is 0 Å². The van der Waals surface area contributed by atoms with E-state index in [1.165, 1.54) is 28.6 Å². The third kappa shape index (κ3) is 4.58. The van der Waals surface area contributed by atoms with Gasteiger partial charge in [0.2, 0.25) is 10.0 Å². The number of carbonyl (C=O) groups excluding carboxylic acids is 1.